The summed E-state index contributed by atoms with van der Waals surface area (Å²) in [4.78, 5) is 24.1. The summed E-state index contributed by atoms with van der Waals surface area (Å²) in [6.45, 7) is 26.2. The molecule has 0 saturated carbocycles. The van der Waals surface area contributed by atoms with Crippen LogP contribution < -0.4 is 4.74 Å². The van der Waals surface area contributed by atoms with Crippen molar-refractivity contribution >= 4 is 21.8 Å². The molecular weight excluding hydrogens is 753 g/mol. The topological polar surface area (TPSA) is 114 Å². The van der Waals surface area contributed by atoms with Gasteiger partial charge in [0.05, 0.1) is 56.5 Å². The Hall–Kier alpha value is -5.03. The van der Waals surface area contributed by atoms with E-state index in [1.807, 2.05) is 58.9 Å². The fourth-order valence-corrected chi connectivity index (χ4v) is 7.47. The average molecular weight is 811 g/mol. The maximum Gasteiger partial charge on any atom is 0.333 e. The molecule has 0 amide bonds. The van der Waals surface area contributed by atoms with Crippen LogP contribution in [0.2, 0.25) is 0 Å². The van der Waals surface area contributed by atoms with E-state index in [1.165, 1.54) is 0 Å². The summed E-state index contributed by atoms with van der Waals surface area (Å²) in [5, 5.41) is 0. The Balaban J connectivity index is 1.46. The fraction of sp³-hybridized carbons (Fsp3) is 0.375. The third kappa shape index (κ3) is 12.0. The first-order valence-electron chi connectivity index (χ1n) is 19.2. The van der Waals surface area contributed by atoms with Gasteiger partial charge in [0.25, 0.3) is 0 Å². The highest BCUT2D eigenvalue weighted by atomic mass is 32.2. The first-order chi connectivity index (χ1) is 27.1. The SMILES string of the molecule is C=C(C)C(=O)OCC(C)(C)COCc1cc(-c2ccc(S(=O)(=O)c3ccc(-c4cc(C)c(C)c(COCC(C)(C)COC(=O)C(=C)C)c4)c(C)c3)cc2)ccc1OC. The second kappa shape index (κ2) is 19.1. The van der Waals surface area contributed by atoms with Crippen molar-refractivity contribution < 1.29 is 41.7 Å². The molecule has 0 spiro atoms. The number of benzene rings is 4. The monoisotopic (exact) mass is 810 g/mol. The van der Waals surface area contributed by atoms with E-state index >= 15 is 0 Å². The van der Waals surface area contributed by atoms with E-state index in [4.69, 9.17) is 23.7 Å². The predicted octanol–water partition coefficient (Wildman–Crippen LogP) is 10.1. The predicted molar refractivity (Wildman–Crippen MR) is 228 cm³/mol. The van der Waals surface area contributed by atoms with Crippen molar-refractivity contribution in [2.24, 2.45) is 10.8 Å². The second-order valence-electron chi connectivity index (χ2n) is 16.6. The van der Waals surface area contributed by atoms with E-state index in [0.717, 1.165) is 50.1 Å². The molecule has 0 atom stereocenters. The Morgan fingerprint density at radius 2 is 1.10 bits per heavy atom. The number of carbonyl (C=O) groups excluding carboxylic acids is 2. The zero-order valence-electron chi connectivity index (χ0n) is 35.7. The van der Waals surface area contributed by atoms with E-state index in [-0.39, 0.29) is 35.0 Å². The smallest absolute Gasteiger partial charge is 0.333 e. The van der Waals surface area contributed by atoms with Crippen molar-refractivity contribution in [1.82, 2.24) is 0 Å². The van der Waals surface area contributed by atoms with Crippen molar-refractivity contribution in [1.29, 1.82) is 0 Å². The van der Waals surface area contributed by atoms with Crippen LogP contribution >= 0.6 is 0 Å². The van der Waals surface area contributed by atoms with Crippen molar-refractivity contribution in [3.63, 3.8) is 0 Å². The van der Waals surface area contributed by atoms with Crippen molar-refractivity contribution in [2.75, 3.05) is 33.5 Å². The molecule has 0 saturated heterocycles. The Kier molecular flexibility index (Phi) is 15.1. The summed E-state index contributed by atoms with van der Waals surface area (Å²) >= 11 is 0. The number of aryl methyl sites for hydroxylation is 2. The van der Waals surface area contributed by atoms with Gasteiger partial charge in [0.15, 0.2) is 0 Å². The molecule has 0 aliphatic carbocycles. The van der Waals surface area contributed by atoms with Crippen LogP contribution in [0.25, 0.3) is 22.3 Å². The minimum atomic E-state index is -3.82. The van der Waals surface area contributed by atoms with Crippen molar-refractivity contribution in [3.05, 3.63) is 125 Å². The zero-order chi connectivity index (χ0) is 43.0. The molecule has 4 aromatic rings. The van der Waals surface area contributed by atoms with Crippen LogP contribution in [0.5, 0.6) is 5.75 Å². The molecule has 0 N–H and O–H groups in total. The number of ether oxygens (including phenoxy) is 5. The summed E-state index contributed by atoms with van der Waals surface area (Å²) in [5.41, 5.74) is 8.43. The van der Waals surface area contributed by atoms with Crippen LogP contribution in [0.15, 0.2) is 107 Å². The van der Waals surface area contributed by atoms with E-state index in [9.17, 15) is 18.0 Å². The number of sulfone groups is 1. The van der Waals surface area contributed by atoms with E-state index in [1.54, 1.807) is 57.4 Å². The van der Waals surface area contributed by atoms with Crippen LogP contribution in [0.4, 0.5) is 0 Å². The lowest BCUT2D eigenvalue weighted by atomic mass is 9.93. The van der Waals surface area contributed by atoms with Gasteiger partial charge in [0, 0.05) is 27.5 Å². The molecule has 0 aliphatic heterocycles. The van der Waals surface area contributed by atoms with Gasteiger partial charge in [-0.05, 0) is 122 Å². The lowest BCUT2D eigenvalue weighted by Crippen LogP contribution is -2.27. The molecule has 0 aromatic heterocycles. The number of hydrogen-bond acceptors (Lipinski definition) is 9. The van der Waals surface area contributed by atoms with Gasteiger partial charge in [-0.2, -0.15) is 0 Å². The van der Waals surface area contributed by atoms with Crippen LogP contribution in [-0.2, 0) is 51.6 Å². The van der Waals surface area contributed by atoms with Crippen LogP contribution in [0, 0.1) is 31.6 Å². The molecule has 0 bridgehead atoms. The van der Waals surface area contributed by atoms with Gasteiger partial charge in [0.2, 0.25) is 9.84 Å². The first kappa shape index (κ1) is 45.7. The molecule has 58 heavy (non-hydrogen) atoms. The van der Waals surface area contributed by atoms with E-state index in [0.29, 0.717) is 36.7 Å². The summed E-state index contributed by atoms with van der Waals surface area (Å²) in [7, 11) is -2.22. The highest BCUT2D eigenvalue weighted by Gasteiger charge is 2.24. The third-order valence-corrected chi connectivity index (χ3v) is 11.5. The molecule has 0 fully saturated rings. The summed E-state index contributed by atoms with van der Waals surface area (Å²) in [6.07, 6.45) is 0. The quantitative estimate of drug-likeness (QED) is 0.0674. The largest absolute Gasteiger partial charge is 0.496 e. The number of esters is 2. The first-order valence-corrected chi connectivity index (χ1v) is 20.7. The van der Waals surface area contributed by atoms with Gasteiger partial charge in [-0.25, -0.2) is 18.0 Å². The fourth-order valence-electron chi connectivity index (χ4n) is 6.12. The molecule has 4 aromatic carbocycles. The number of carbonyl (C=O) groups is 2. The minimum absolute atomic E-state index is 0.192. The molecule has 0 heterocycles. The second-order valence-corrected chi connectivity index (χ2v) is 18.6. The highest BCUT2D eigenvalue weighted by molar-refractivity contribution is 7.91. The van der Waals surface area contributed by atoms with Crippen molar-refractivity contribution in [3.8, 4) is 28.0 Å². The standard InChI is InChI=1S/C48H58O9S/c1-31(2)45(49)56-29-47(8,9)27-54-25-39-24-38(21-33(5)35(39)7)43-19-18-42(22-34(43)6)58(51,52)41-16-13-36(14-17-41)37-15-20-44(53-12)40(23-37)26-55-28-48(10,11)30-57-46(50)32(3)4/h13-24H,1,3,25-30H2,2,4-12H3. The lowest BCUT2D eigenvalue weighted by Gasteiger charge is -2.24. The van der Waals surface area contributed by atoms with E-state index in [2.05, 4.69) is 39.1 Å². The minimum Gasteiger partial charge on any atom is -0.496 e. The van der Waals surface area contributed by atoms with Gasteiger partial charge in [-0.1, -0.05) is 71.2 Å². The Morgan fingerprint density at radius 1 is 0.603 bits per heavy atom. The molecule has 10 heteroatoms. The normalized spacial score (nSPS) is 11.9. The lowest BCUT2D eigenvalue weighted by molar-refractivity contribution is -0.144. The van der Waals surface area contributed by atoms with Crippen LogP contribution in [-0.4, -0.2) is 53.9 Å². The van der Waals surface area contributed by atoms with Crippen LogP contribution in [0.1, 0.15) is 69.4 Å². The number of methoxy groups -OCH3 is 1. The Labute approximate surface area is 344 Å². The molecule has 0 unspecified atom stereocenters. The van der Waals surface area contributed by atoms with Crippen molar-refractivity contribution in [2.45, 2.75) is 85.3 Å². The molecule has 9 nitrogen and oxygen atoms in total. The summed E-state index contributed by atoms with van der Waals surface area (Å²) in [5.74, 6) is -0.181. The molecule has 0 radical (unpaired) electrons. The molecule has 4 rings (SSSR count). The molecular formula is C48H58O9S. The van der Waals surface area contributed by atoms with E-state index < -0.39 is 27.2 Å². The summed E-state index contributed by atoms with van der Waals surface area (Å²) < 4.78 is 56.2. The Bertz CT molecular complexity index is 2260. The van der Waals surface area contributed by atoms with Crippen LogP contribution in [0.3, 0.4) is 0 Å². The third-order valence-electron chi connectivity index (χ3n) is 9.76. The summed E-state index contributed by atoms with van der Waals surface area (Å²) in [6, 6.07) is 22.1. The average Bonchev–Trinajstić information content (AvgIpc) is 3.17. The van der Waals surface area contributed by atoms with Gasteiger partial charge in [-0.15, -0.1) is 0 Å². The Morgan fingerprint density at radius 3 is 1.62 bits per heavy atom. The van der Waals surface area contributed by atoms with Gasteiger partial charge in [0.1, 0.15) is 5.75 Å². The van der Waals surface area contributed by atoms with Gasteiger partial charge in [-0.3, -0.25) is 0 Å². The molecule has 310 valence electrons. The number of hydrogen-bond donors (Lipinski definition) is 0. The number of rotatable bonds is 19. The maximum absolute atomic E-state index is 13.9. The highest BCUT2D eigenvalue weighted by Crippen LogP contribution is 2.33. The zero-order valence-corrected chi connectivity index (χ0v) is 36.5. The van der Waals surface area contributed by atoms with Gasteiger partial charge >= 0.3 is 11.9 Å². The maximum atomic E-state index is 13.9. The van der Waals surface area contributed by atoms with Gasteiger partial charge < -0.3 is 23.7 Å². The molecule has 0 aliphatic rings.